The molecule has 7 heteroatoms. The maximum absolute atomic E-state index is 13.0. The molecule has 0 radical (unpaired) electrons. The number of nitrogens with two attached hydrogens (primary N) is 1. The topological polar surface area (TPSA) is 82.8 Å². The van der Waals surface area contributed by atoms with E-state index in [0.717, 1.165) is 49.4 Å². The van der Waals surface area contributed by atoms with Gasteiger partial charge in [-0.3, -0.25) is 4.79 Å². The summed E-state index contributed by atoms with van der Waals surface area (Å²) in [6.07, 6.45) is 2.41. The van der Waals surface area contributed by atoms with E-state index >= 15 is 0 Å². The molecule has 4 rings (SSSR count). The molecular formula is C28H31FN2O4. The van der Waals surface area contributed by atoms with Crippen molar-refractivity contribution in [2.24, 2.45) is 5.73 Å². The van der Waals surface area contributed by atoms with Gasteiger partial charge in [0, 0.05) is 6.54 Å². The predicted octanol–water partition coefficient (Wildman–Crippen LogP) is 4.28. The normalized spacial score (nSPS) is 13.1. The summed E-state index contributed by atoms with van der Waals surface area (Å²) in [7, 11) is 0. The maximum atomic E-state index is 13.0. The monoisotopic (exact) mass is 478 g/mol. The number of primary amides is 1. The third kappa shape index (κ3) is 7.53. The smallest absolute Gasteiger partial charge is 0.246 e. The lowest BCUT2D eigenvalue weighted by molar-refractivity contribution is -0.130. The Morgan fingerprint density at radius 3 is 2.37 bits per heavy atom. The molecule has 1 aliphatic heterocycles. The number of benzene rings is 3. The number of amides is 1. The summed E-state index contributed by atoms with van der Waals surface area (Å²) in [5.41, 5.74) is 9.94. The van der Waals surface area contributed by atoms with Gasteiger partial charge in [0.15, 0.2) is 11.5 Å². The van der Waals surface area contributed by atoms with Crippen LogP contribution in [0, 0.1) is 5.82 Å². The molecule has 1 atom stereocenters. The first-order chi connectivity index (χ1) is 17.1. The van der Waals surface area contributed by atoms with Crippen LogP contribution in [0.5, 0.6) is 11.5 Å². The van der Waals surface area contributed by atoms with E-state index in [1.54, 1.807) is 12.1 Å². The fraction of sp³-hybridized carbons (Fsp3) is 0.321. The highest BCUT2D eigenvalue weighted by Gasteiger charge is 2.16. The van der Waals surface area contributed by atoms with Gasteiger partial charge in [0.1, 0.15) is 11.9 Å². The predicted molar refractivity (Wildman–Crippen MR) is 132 cm³/mol. The second-order valence-corrected chi connectivity index (χ2v) is 8.65. The molecule has 3 N–H and O–H groups in total. The molecule has 0 saturated carbocycles. The number of rotatable bonds is 13. The Balaban J connectivity index is 1.14. The molecule has 0 aromatic heterocycles. The molecule has 35 heavy (non-hydrogen) atoms. The highest BCUT2D eigenvalue weighted by atomic mass is 19.1. The van der Waals surface area contributed by atoms with Gasteiger partial charge in [0.2, 0.25) is 12.7 Å². The van der Waals surface area contributed by atoms with E-state index in [9.17, 15) is 9.18 Å². The molecule has 1 unspecified atom stereocenters. The minimum Gasteiger partial charge on any atom is -0.454 e. The van der Waals surface area contributed by atoms with Gasteiger partial charge in [-0.25, -0.2) is 4.39 Å². The van der Waals surface area contributed by atoms with Gasteiger partial charge >= 0.3 is 0 Å². The van der Waals surface area contributed by atoms with Gasteiger partial charge < -0.3 is 25.3 Å². The molecule has 0 saturated heterocycles. The minimum absolute atomic E-state index is 0.226. The average molecular weight is 479 g/mol. The molecule has 0 bridgehead atoms. The van der Waals surface area contributed by atoms with Crippen molar-refractivity contribution < 1.29 is 23.4 Å². The first-order valence-corrected chi connectivity index (χ1v) is 11.9. The third-order valence-electron chi connectivity index (χ3n) is 5.99. The second-order valence-electron chi connectivity index (χ2n) is 8.65. The van der Waals surface area contributed by atoms with Crippen LogP contribution in [0.2, 0.25) is 0 Å². The lowest BCUT2D eigenvalue weighted by Gasteiger charge is -2.15. The van der Waals surface area contributed by atoms with Crippen LogP contribution in [0.15, 0.2) is 66.7 Å². The number of hydrogen-bond acceptors (Lipinski definition) is 5. The van der Waals surface area contributed by atoms with Crippen molar-refractivity contribution in [3.63, 3.8) is 0 Å². The Morgan fingerprint density at radius 2 is 1.60 bits per heavy atom. The van der Waals surface area contributed by atoms with Gasteiger partial charge in [-0.05, 0) is 78.7 Å². The van der Waals surface area contributed by atoms with Gasteiger partial charge in [-0.15, -0.1) is 0 Å². The Hall–Kier alpha value is -3.42. The van der Waals surface area contributed by atoms with Crippen LogP contribution in [0.25, 0.3) is 0 Å². The van der Waals surface area contributed by atoms with E-state index in [1.165, 1.54) is 28.8 Å². The highest BCUT2D eigenvalue weighted by Crippen LogP contribution is 2.32. The lowest BCUT2D eigenvalue weighted by atomic mass is 10.0. The van der Waals surface area contributed by atoms with Crippen LogP contribution < -0.4 is 20.5 Å². The molecule has 184 valence electrons. The van der Waals surface area contributed by atoms with E-state index in [1.807, 2.05) is 12.1 Å². The lowest BCUT2D eigenvalue weighted by Crippen LogP contribution is -2.31. The summed E-state index contributed by atoms with van der Waals surface area (Å²) in [4.78, 5) is 11.7. The zero-order valence-electron chi connectivity index (χ0n) is 19.7. The molecule has 1 aliphatic rings. The van der Waals surface area contributed by atoms with Crippen molar-refractivity contribution in [2.75, 3.05) is 13.3 Å². The quantitative estimate of drug-likeness (QED) is 0.359. The van der Waals surface area contributed by atoms with Gasteiger partial charge in [0.05, 0.1) is 6.61 Å². The first-order valence-electron chi connectivity index (χ1n) is 11.9. The molecule has 3 aromatic carbocycles. The van der Waals surface area contributed by atoms with Crippen molar-refractivity contribution in [3.05, 3.63) is 94.8 Å². The van der Waals surface area contributed by atoms with Crippen molar-refractivity contribution in [3.8, 4) is 11.5 Å². The summed E-state index contributed by atoms with van der Waals surface area (Å²) >= 11 is 0. The number of ether oxygens (including phenoxy) is 3. The van der Waals surface area contributed by atoms with E-state index < -0.39 is 12.0 Å². The summed E-state index contributed by atoms with van der Waals surface area (Å²) < 4.78 is 29.5. The fourth-order valence-corrected chi connectivity index (χ4v) is 3.96. The summed E-state index contributed by atoms with van der Waals surface area (Å²) in [5.74, 6) is 0.849. The van der Waals surface area contributed by atoms with E-state index in [2.05, 4.69) is 35.6 Å². The summed E-state index contributed by atoms with van der Waals surface area (Å²) in [6.45, 7) is 2.19. The number of carbonyl (C=O) groups excluding carboxylic acids is 1. The van der Waals surface area contributed by atoms with Crippen molar-refractivity contribution >= 4 is 5.91 Å². The summed E-state index contributed by atoms with van der Waals surface area (Å²) in [5, 5.41) is 3.48. The Bertz CT molecular complexity index is 1100. The molecular weight excluding hydrogens is 447 g/mol. The Morgan fingerprint density at radius 1 is 0.914 bits per heavy atom. The Labute approximate surface area is 205 Å². The van der Waals surface area contributed by atoms with Crippen LogP contribution in [0.1, 0.15) is 35.1 Å². The standard InChI is InChI=1S/C28H31FN2O4/c29-24-11-8-23(9-12-24)18-33-26(28(30)32)3-1-2-20-4-6-22(7-5-20)17-31-15-14-21-10-13-25-27(16-21)35-19-34-25/h4-13,16,26,31H,1-3,14-15,17-19H2,(H2,30,32). The SMILES string of the molecule is NC(=O)C(CCCc1ccc(CNCCc2ccc3c(c2)OCO3)cc1)OCc1ccc(F)cc1. The van der Waals surface area contributed by atoms with Crippen LogP contribution in [-0.2, 0) is 35.5 Å². The van der Waals surface area contributed by atoms with Crippen LogP contribution >= 0.6 is 0 Å². The Kier molecular flexibility index (Phi) is 8.70. The van der Waals surface area contributed by atoms with Gasteiger partial charge in [-0.2, -0.15) is 0 Å². The number of nitrogens with one attached hydrogen (secondary N) is 1. The van der Waals surface area contributed by atoms with E-state index in [4.69, 9.17) is 19.9 Å². The second kappa shape index (κ2) is 12.3. The largest absolute Gasteiger partial charge is 0.454 e. The zero-order valence-corrected chi connectivity index (χ0v) is 19.7. The molecule has 0 spiro atoms. The third-order valence-corrected chi connectivity index (χ3v) is 5.99. The van der Waals surface area contributed by atoms with Crippen molar-refractivity contribution in [1.29, 1.82) is 0 Å². The van der Waals surface area contributed by atoms with Crippen LogP contribution in [0.3, 0.4) is 0 Å². The number of aryl methyl sites for hydroxylation is 1. The molecule has 6 nitrogen and oxygen atoms in total. The van der Waals surface area contributed by atoms with Crippen LogP contribution in [-0.4, -0.2) is 25.3 Å². The minimum atomic E-state index is -0.659. The zero-order chi connectivity index (χ0) is 24.5. The number of carbonyl (C=O) groups is 1. The van der Waals surface area contributed by atoms with E-state index in [0.29, 0.717) is 13.2 Å². The summed E-state index contributed by atoms with van der Waals surface area (Å²) in [6, 6.07) is 20.6. The first kappa shape index (κ1) is 24.7. The fourth-order valence-electron chi connectivity index (χ4n) is 3.96. The average Bonchev–Trinajstić information content (AvgIpc) is 3.33. The number of hydrogen-bond donors (Lipinski definition) is 2. The number of fused-ring (bicyclic) bond motifs is 1. The molecule has 0 aliphatic carbocycles. The van der Waals surface area contributed by atoms with Gasteiger partial charge in [0.25, 0.3) is 0 Å². The molecule has 1 amide bonds. The molecule has 1 heterocycles. The molecule has 3 aromatic rings. The van der Waals surface area contributed by atoms with Gasteiger partial charge in [-0.1, -0.05) is 42.5 Å². The maximum Gasteiger partial charge on any atom is 0.246 e. The molecule has 0 fully saturated rings. The van der Waals surface area contributed by atoms with Crippen LogP contribution in [0.4, 0.5) is 4.39 Å². The van der Waals surface area contributed by atoms with E-state index in [-0.39, 0.29) is 12.4 Å². The van der Waals surface area contributed by atoms with Crippen molar-refractivity contribution in [1.82, 2.24) is 5.32 Å². The highest BCUT2D eigenvalue weighted by molar-refractivity contribution is 5.78. The van der Waals surface area contributed by atoms with Crippen molar-refractivity contribution in [2.45, 2.75) is 44.9 Å². The number of halogens is 1.